The maximum atomic E-state index is 11.9. The standard InChI is InChI=1S/C21H23N7OS/c1-2-15-11-18(26-25-15)24-20-13-27(12-19-22-9-10-28(19)20)30-17-7-5-16(6-8-17)23-21(29)14-3-4-14/h5-11,13-14H,2-4,12H2,1H3,(H,23,29)(H2,24,25,26)/q+1. The highest BCUT2D eigenvalue weighted by atomic mass is 32.2. The largest absolute Gasteiger partial charge is 0.326 e. The molecule has 153 valence electrons. The fourth-order valence-electron chi connectivity index (χ4n) is 3.27. The molecule has 2 aromatic rings. The summed E-state index contributed by atoms with van der Waals surface area (Å²) in [5, 5.41) is 13.7. The lowest BCUT2D eigenvalue weighted by atomic mass is 10.3. The van der Waals surface area contributed by atoms with Gasteiger partial charge in [0.1, 0.15) is 6.54 Å². The van der Waals surface area contributed by atoms with Crippen molar-refractivity contribution < 1.29 is 4.79 Å². The Labute approximate surface area is 179 Å². The summed E-state index contributed by atoms with van der Waals surface area (Å²) >= 11 is 1.62. The van der Waals surface area contributed by atoms with Crippen molar-refractivity contribution in [2.45, 2.75) is 31.1 Å². The molecule has 8 nitrogen and oxygen atoms in total. The molecule has 1 radical (unpaired) electrons. The number of aryl methyl sites for hydroxylation is 1. The number of nitrogens with one attached hydrogen (secondary N) is 3. The highest BCUT2D eigenvalue weighted by Crippen LogP contribution is 2.31. The summed E-state index contributed by atoms with van der Waals surface area (Å²) in [5.74, 6) is 2.95. The van der Waals surface area contributed by atoms with Crippen LogP contribution in [0.5, 0.6) is 0 Å². The molecule has 1 aliphatic carbocycles. The first kappa shape index (κ1) is 19.0. The highest BCUT2D eigenvalue weighted by Gasteiger charge is 2.37. The van der Waals surface area contributed by atoms with Crippen molar-refractivity contribution in [1.82, 2.24) is 19.4 Å². The summed E-state index contributed by atoms with van der Waals surface area (Å²) in [4.78, 5) is 19.5. The molecule has 0 bridgehead atoms. The number of amides is 1. The van der Waals surface area contributed by atoms with E-state index in [4.69, 9.17) is 0 Å². The van der Waals surface area contributed by atoms with Crippen LogP contribution in [0, 0.1) is 5.92 Å². The summed E-state index contributed by atoms with van der Waals surface area (Å²) in [7, 11) is 0. The molecule has 1 aromatic heterocycles. The van der Waals surface area contributed by atoms with E-state index in [9.17, 15) is 4.79 Å². The maximum Gasteiger partial charge on any atom is 0.285 e. The van der Waals surface area contributed by atoms with E-state index in [1.54, 1.807) is 18.1 Å². The second-order valence-corrected chi connectivity index (χ2v) is 8.56. The van der Waals surface area contributed by atoms with E-state index in [2.05, 4.69) is 43.3 Å². The molecule has 1 saturated carbocycles. The normalized spacial score (nSPS) is 18.1. The van der Waals surface area contributed by atoms with E-state index in [1.165, 1.54) is 0 Å². The molecule has 3 N–H and O–H groups in total. The van der Waals surface area contributed by atoms with Gasteiger partial charge in [-0.1, -0.05) is 6.92 Å². The van der Waals surface area contributed by atoms with Crippen molar-refractivity contribution in [2.24, 2.45) is 10.9 Å². The van der Waals surface area contributed by atoms with Crippen molar-refractivity contribution in [1.29, 1.82) is 0 Å². The van der Waals surface area contributed by atoms with E-state index in [0.29, 0.717) is 6.54 Å². The number of rotatable bonds is 7. The minimum atomic E-state index is 0.126. The van der Waals surface area contributed by atoms with E-state index in [1.807, 2.05) is 41.4 Å². The number of amidine groups is 1. The summed E-state index contributed by atoms with van der Waals surface area (Å²) in [6, 6.07) is 9.96. The number of anilines is 2. The topological polar surface area (TPSA) is 91.3 Å². The molecule has 0 atom stereocenters. The fraction of sp³-hybridized carbons (Fsp3) is 0.286. The second-order valence-electron chi connectivity index (χ2n) is 7.44. The van der Waals surface area contributed by atoms with Gasteiger partial charge in [0.2, 0.25) is 5.91 Å². The predicted molar refractivity (Wildman–Crippen MR) is 119 cm³/mol. The Morgan fingerprint density at radius 3 is 2.90 bits per heavy atom. The van der Waals surface area contributed by atoms with E-state index in [-0.39, 0.29) is 11.8 Å². The molecule has 1 fully saturated rings. The van der Waals surface area contributed by atoms with E-state index in [0.717, 1.165) is 53.0 Å². The van der Waals surface area contributed by atoms with Crippen LogP contribution in [-0.2, 0) is 11.2 Å². The summed E-state index contributed by atoms with van der Waals surface area (Å²) < 4.78 is 2.13. The SMILES string of the molecule is CCc1cc(NC2=CN(Sc3ccc(NC(=O)C4CC4)cc3)CC3=NC=C[N+]23)n[nH]1. The Hall–Kier alpha value is -3.04. The maximum absolute atomic E-state index is 11.9. The smallest absolute Gasteiger partial charge is 0.285 e. The van der Waals surface area contributed by atoms with Gasteiger partial charge in [-0.2, -0.15) is 10.1 Å². The number of hydrogen-bond acceptors (Lipinski definition) is 7. The molecular formula is C21H23N7OS+. The van der Waals surface area contributed by atoms with Gasteiger partial charge in [-0.15, -0.1) is 0 Å². The van der Waals surface area contributed by atoms with Gasteiger partial charge in [-0.25, -0.2) is 0 Å². The average molecular weight is 422 g/mol. The van der Waals surface area contributed by atoms with Gasteiger partial charge in [0, 0.05) is 28.3 Å². The Morgan fingerprint density at radius 2 is 2.17 bits per heavy atom. The van der Waals surface area contributed by atoms with Crippen LogP contribution in [0.3, 0.4) is 0 Å². The molecule has 5 rings (SSSR count). The first-order valence-corrected chi connectivity index (χ1v) is 10.9. The van der Waals surface area contributed by atoms with Crippen LogP contribution in [0.4, 0.5) is 11.5 Å². The van der Waals surface area contributed by atoms with Gasteiger partial charge in [0.15, 0.2) is 12.0 Å². The molecule has 0 spiro atoms. The lowest BCUT2D eigenvalue weighted by Gasteiger charge is -2.24. The van der Waals surface area contributed by atoms with Crippen LogP contribution in [-0.4, -0.2) is 32.8 Å². The zero-order valence-corrected chi connectivity index (χ0v) is 17.4. The first-order chi connectivity index (χ1) is 14.7. The number of aromatic nitrogens is 2. The number of aromatic amines is 1. The van der Waals surface area contributed by atoms with Crippen molar-refractivity contribution in [3.05, 3.63) is 60.4 Å². The lowest BCUT2D eigenvalue weighted by molar-refractivity contribution is -0.117. The molecule has 1 aromatic carbocycles. The van der Waals surface area contributed by atoms with Gasteiger partial charge >= 0.3 is 0 Å². The third-order valence-corrected chi connectivity index (χ3v) is 6.05. The Balaban J connectivity index is 1.28. The number of hydrogen-bond donors (Lipinski definition) is 3. The van der Waals surface area contributed by atoms with Gasteiger partial charge < -0.3 is 5.32 Å². The Bertz CT molecular complexity index is 1040. The van der Waals surface area contributed by atoms with Crippen LogP contribution in [0.15, 0.2) is 64.6 Å². The zero-order valence-electron chi connectivity index (χ0n) is 16.6. The lowest BCUT2D eigenvalue weighted by Crippen LogP contribution is -2.42. The van der Waals surface area contributed by atoms with Gasteiger partial charge in [-0.05, 0) is 60.4 Å². The predicted octanol–water partition coefficient (Wildman–Crippen LogP) is 3.58. The van der Waals surface area contributed by atoms with Crippen molar-refractivity contribution in [2.75, 3.05) is 17.2 Å². The number of nitrogens with zero attached hydrogens (tertiary/aromatic N) is 4. The van der Waals surface area contributed by atoms with Crippen LogP contribution in [0.1, 0.15) is 25.5 Å². The minimum absolute atomic E-state index is 0.126. The molecule has 9 heteroatoms. The highest BCUT2D eigenvalue weighted by molar-refractivity contribution is 7.97. The van der Waals surface area contributed by atoms with Gasteiger partial charge in [-0.3, -0.25) is 19.5 Å². The molecule has 0 saturated heterocycles. The fourth-order valence-corrected chi connectivity index (χ4v) is 4.13. The molecule has 2 aliphatic heterocycles. The molecule has 3 aliphatic rings. The number of fused-ring (bicyclic) bond motifs is 1. The number of carbonyl (C=O) groups excluding carboxylic acids is 1. The van der Waals surface area contributed by atoms with Gasteiger partial charge in [0.25, 0.3) is 11.7 Å². The van der Waals surface area contributed by atoms with Crippen molar-refractivity contribution >= 4 is 35.2 Å². The van der Waals surface area contributed by atoms with Gasteiger partial charge in [0.05, 0.1) is 12.4 Å². The zero-order chi connectivity index (χ0) is 20.5. The number of H-pyrrole nitrogens is 1. The number of aliphatic imine (C=N–C) groups is 1. The van der Waals surface area contributed by atoms with Crippen LogP contribution < -0.4 is 15.5 Å². The van der Waals surface area contributed by atoms with E-state index < -0.39 is 0 Å². The van der Waals surface area contributed by atoms with Crippen LogP contribution in [0.25, 0.3) is 0 Å². The van der Waals surface area contributed by atoms with Crippen LogP contribution in [0.2, 0.25) is 0 Å². The van der Waals surface area contributed by atoms with Crippen molar-refractivity contribution in [3.63, 3.8) is 0 Å². The quantitative estimate of drug-likeness (QED) is 0.470. The Morgan fingerprint density at radius 1 is 1.33 bits per heavy atom. The molecule has 3 heterocycles. The summed E-state index contributed by atoms with van der Waals surface area (Å²) in [5.41, 5.74) is 1.92. The minimum Gasteiger partial charge on any atom is -0.326 e. The molecule has 30 heavy (non-hydrogen) atoms. The van der Waals surface area contributed by atoms with E-state index >= 15 is 0 Å². The molecular weight excluding hydrogens is 398 g/mol. The number of carbonyl (C=O) groups is 1. The molecule has 1 amide bonds. The average Bonchev–Trinajstić information content (AvgIpc) is 3.33. The second kappa shape index (κ2) is 8.00. The Kier molecular flexibility index (Phi) is 5.06. The number of benzene rings is 1. The third kappa shape index (κ3) is 4.12. The molecule has 0 unspecified atom stereocenters. The monoisotopic (exact) mass is 421 g/mol. The summed E-state index contributed by atoms with van der Waals surface area (Å²) in [6.45, 7) is 2.77. The first-order valence-electron chi connectivity index (χ1n) is 10.1. The van der Waals surface area contributed by atoms with Crippen LogP contribution >= 0.6 is 11.9 Å². The van der Waals surface area contributed by atoms with Crippen molar-refractivity contribution in [3.8, 4) is 0 Å². The summed E-state index contributed by atoms with van der Waals surface area (Å²) in [6.07, 6.45) is 8.72. The third-order valence-electron chi connectivity index (χ3n) is 5.10.